The topological polar surface area (TPSA) is 75.4 Å². The lowest BCUT2D eigenvalue weighted by molar-refractivity contribution is -0.140. The third-order valence-corrected chi connectivity index (χ3v) is 5.39. The molecule has 2 heterocycles. The van der Waals surface area contributed by atoms with Crippen molar-refractivity contribution in [3.63, 3.8) is 0 Å². The summed E-state index contributed by atoms with van der Waals surface area (Å²) in [5.74, 6) is -2.97. The molecule has 1 atom stereocenters. The molecule has 0 saturated heterocycles. The van der Waals surface area contributed by atoms with Crippen LogP contribution in [0.3, 0.4) is 0 Å². The molecule has 0 radical (unpaired) electrons. The second-order valence-corrected chi connectivity index (χ2v) is 7.97. The molecule has 30 heavy (non-hydrogen) atoms. The first-order valence-electron chi connectivity index (χ1n) is 8.90. The molecule has 10 heteroatoms. The Morgan fingerprint density at radius 3 is 2.53 bits per heavy atom. The van der Waals surface area contributed by atoms with Gasteiger partial charge in [-0.05, 0) is 23.6 Å². The molecular formula is C20H18F4N2O3S. The Balaban J connectivity index is 2.16. The summed E-state index contributed by atoms with van der Waals surface area (Å²) in [6, 6.07) is 2.52. The van der Waals surface area contributed by atoms with Crippen LogP contribution in [0.25, 0.3) is 10.6 Å². The van der Waals surface area contributed by atoms with Gasteiger partial charge in [0.25, 0.3) is 0 Å². The smallest absolute Gasteiger partial charge is 0.419 e. The molecular weight excluding hydrogens is 424 g/mol. The summed E-state index contributed by atoms with van der Waals surface area (Å²) in [6.45, 7) is 3.25. The van der Waals surface area contributed by atoms with E-state index in [1.54, 1.807) is 19.2 Å². The van der Waals surface area contributed by atoms with Gasteiger partial charge in [-0.3, -0.25) is 0 Å². The Kier molecular flexibility index (Phi) is 6.00. The third-order valence-electron chi connectivity index (χ3n) is 4.60. The highest BCUT2D eigenvalue weighted by molar-refractivity contribution is 7.13. The predicted octanol–water partition coefficient (Wildman–Crippen LogP) is 5.21. The van der Waals surface area contributed by atoms with Crippen LogP contribution in [-0.4, -0.2) is 25.7 Å². The Hall–Kier alpha value is -2.72. The van der Waals surface area contributed by atoms with Gasteiger partial charge >= 0.3 is 12.1 Å². The third kappa shape index (κ3) is 4.24. The quantitative estimate of drug-likeness (QED) is 0.514. The van der Waals surface area contributed by atoms with E-state index in [0.717, 1.165) is 6.07 Å². The van der Waals surface area contributed by atoms with E-state index in [9.17, 15) is 32.6 Å². The standard InChI is InChI=1S/C20H18F4N2O3S/c1-10(2)17(27)12-9-26(16(19(28)29)15(12)18-25-5-6-30-18)8-11-3-4-14(21)13(7-11)20(22,23)24/h3-7,9-10,17,27H,8H2,1-2H3,(H,28,29). The number of rotatable bonds is 6. The van der Waals surface area contributed by atoms with Crippen molar-refractivity contribution >= 4 is 17.3 Å². The lowest BCUT2D eigenvalue weighted by Crippen LogP contribution is -2.12. The lowest BCUT2D eigenvalue weighted by atomic mass is 9.97. The number of aliphatic hydroxyl groups is 1. The SMILES string of the molecule is CC(C)C(O)c1cn(Cc2ccc(F)c(C(F)(F)F)c2)c(C(=O)O)c1-c1nccs1. The van der Waals surface area contributed by atoms with Gasteiger partial charge in [0.1, 0.15) is 16.5 Å². The molecule has 2 N–H and O–H groups in total. The maximum absolute atomic E-state index is 13.6. The first-order valence-corrected chi connectivity index (χ1v) is 9.78. The average molecular weight is 442 g/mol. The molecule has 5 nitrogen and oxygen atoms in total. The Labute approximate surface area is 173 Å². The minimum absolute atomic E-state index is 0.0671. The largest absolute Gasteiger partial charge is 0.477 e. The van der Waals surface area contributed by atoms with Crippen LogP contribution in [0, 0.1) is 11.7 Å². The van der Waals surface area contributed by atoms with E-state index in [0.29, 0.717) is 22.7 Å². The lowest BCUT2D eigenvalue weighted by Gasteiger charge is -2.14. The van der Waals surface area contributed by atoms with E-state index >= 15 is 0 Å². The minimum Gasteiger partial charge on any atom is -0.477 e. The fourth-order valence-corrected chi connectivity index (χ4v) is 3.88. The second kappa shape index (κ2) is 8.19. The van der Waals surface area contributed by atoms with Crippen LogP contribution >= 0.6 is 11.3 Å². The molecule has 2 aromatic heterocycles. The molecule has 160 valence electrons. The van der Waals surface area contributed by atoms with Crippen molar-refractivity contribution in [2.24, 2.45) is 5.92 Å². The van der Waals surface area contributed by atoms with Crippen molar-refractivity contribution < 1.29 is 32.6 Å². The van der Waals surface area contributed by atoms with Crippen LogP contribution in [0.1, 0.15) is 47.1 Å². The average Bonchev–Trinajstić information content (AvgIpc) is 3.29. The maximum Gasteiger partial charge on any atom is 0.419 e. The number of carboxylic acid groups (broad SMARTS) is 1. The van der Waals surface area contributed by atoms with Crippen molar-refractivity contribution in [3.8, 4) is 10.6 Å². The fourth-order valence-electron chi connectivity index (χ4n) is 3.17. The van der Waals surface area contributed by atoms with E-state index in [2.05, 4.69) is 4.98 Å². The number of carbonyl (C=O) groups is 1. The summed E-state index contributed by atoms with van der Waals surface area (Å²) in [4.78, 5) is 16.2. The van der Waals surface area contributed by atoms with Crippen LogP contribution in [0.4, 0.5) is 17.6 Å². The van der Waals surface area contributed by atoms with Crippen molar-refractivity contribution in [3.05, 3.63) is 64.2 Å². The molecule has 1 unspecified atom stereocenters. The van der Waals surface area contributed by atoms with Gasteiger partial charge in [-0.15, -0.1) is 11.3 Å². The zero-order chi connectivity index (χ0) is 22.2. The highest BCUT2D eigenvalue weighted by atomic mass is 32.1. The van der Waals surface area contributed by atoms with E-state index in [-0.39, 0.29) is 29.3 Å². The summed E-state index contributed by atoms with van der Waals surface area (Å²) in [5, 5.41) is 22.5. The number of alkyl halides is 3. The number of aliphatic hydroxyl groups excluding tert-OH is 1. The Morgan fingerprint density at radius 1 is 1.30 bits per heavy atom. The summed E-state index contributed by atoms with van der Waals surface area (Å²) < 4.78 is 54.0. The first-order chi connectivity index (χ1) is 14.0. The van der Waals surface area contributed by atoms with Crippen LogP contribution in [-0.2, 0) is 12.7 Å². The van der Waals surface area contributed by atoms with Gasteiger partial charge in [0.05, 0.1) is 11.7 Å². The predicted molar refractivity (Wildman–Crippen MR) is 103 cm³/mol. The molecule has 0 spiro atoms. The monoisotopic (exact) mass is 442 g/mol. The maximum atomic E-state index is 13.6. The molecule has 1 aromatic carbocycles. The van der Waals surface area contributed by atoms with Gasteiger partial charge in [-0.25, -0.2) is 14.2 Å². The minimum atomic E-state index is -4.88. The summed E-state index contributed by atoms with van der Waals surface area (Å²) in [7, 11) is 0. The van der Waals surface area contributed by atoms with Gasteiger partial charge in [-0.1, -0.05) is 19.9 Å². The van der Waals surface area contributed by atoms with Crippen LogP contribution < -0.4 is 0 Å². The second-order valence-electron chi connectivity index (χ2n) is 7.08. The number of hydrogen-bond donors (Lipinski definition) is 2. The van der Waals surface area contributed by atoms with Gasteiger partial charge in [0.15, 0.2) is 0 Å². The molecule has 0 aliphatic rings. The molecule has 0 aliphatic carbocycles. The molecule has 0 bridgehead atoms. The molecule has 0 saturated carbocycles. The molecule has 0 amide bonds. The van der Waals surface area contributed by atoms with Crippen LogP contribution in [0.2, 0.25) is 0 Å². The number of halogens is 4. The van der Waals surface area contributed by atoms with E-state index in [1.165, 1.54) is 28.3 Å². The molecule has 3 rings (SSSR count). The number of nitrogens with zero attached hydrogens (tertiary/aromatic N) is 2. The molecule has 0 fully saturated rings. The molecule has 3 aromatic rings. The highest BCUT2D eigenvalue weighted by Crippen LogP contribution is 2.38. The van der Waals surface area contributed by atoms with Gasteiger partial charge < -0.3 is 14.8 Å². The highest BCUT2D eigenvalue weighted by Gasteiger charge is 2.34. The van der Waals surface area contributed by atoms with Gasteiger partial charge in [0, 0.05) is 35.4 Å². The zero-order valence-electron chi connectivity index (χ0n) is 15.9. The van der Waals surface area contributed by atoms with Gasteiger partial charge in [-0.2, -0.15) is 13.2 Å². The van der Waals surface area contributed by atoms with E-state index < -0.39 is 29.6 Å². The summed E-state index contributed by atoms with van der Waals surface area (Å²) in [5.41, 5.74) is -1.03. The number of carboxylic acids is 1. The number of benzene rings is 1. The summed E-state index contributed by atoms with van der Waals surface area (Å²) in [6.07, 6.45) is -2.99. The Bertz CT molecular complexity index is 1060. The first kappa shape index (κ1) is 22.0. The summed E-state index contributed by atoms with van der Waals surface area (Å²) >= 11 is 1.18. The Morgan fingerprint density at radius 2 is 2.00 bits per heavy atom. The normalized spacial score (nSPS) is 13.1. The zero-order valence-corrected chi connectivity index (χ0v) is 16.8. The number of aromatic carboxylic acids is 1. The van der Waals surface area contributed by atoms with Crippen LogP contribution in [0.5, 0.6) is 0 Å². The number of hydrogen-bond acceptors (Lipinski definition) is 4. The van der Waals surface area contributed by atoms with Crippen molar-refractivity contribution in [2.45, 2.75) is 32.7 Å². The fraction of sp³-hybridized carbons (Fsp3) is 0.300. The van der Waals surface area contributed by atoms with Crippen molar-refractivity contribution in [1.82, 2.24) is 9.55 Å². The van der Waals surface area contributed by atoms with E-state index in [1.807, 2.05) is 0 Å². The van der Waals surface area contributed by atoms with Crippen molar-refractivity contribution in [2.75, 3.05) is 0 Å². The van der Waals surface area contributed by atoms with Gasteiger partial charge in [0.2, 0.25) is 0 Å². The number of aromatic nitrogens is 2. The molecule has 0 aliphatic heterocycles. The van der Waals surface area contributed by atoms with E-state index in [4.69, 9.17) is 0 Å². The number of thiazole rings is 1. The van der Waals surface area contributed by atoms with Crippen molar-refractivity contribution in [1.29, 1.82) is 0 Å². The van der Waals surface area contributed by atoms with Crippen LogP contribution in [0.15, 0.2) is 36.0 Å².